The number of piperidine rings is 1. The summed E-state index contributed by atoms with van der Waals surface area (Å²) in [6.45, 7) is 1.42. The molecule has 5 rings (SSSR count). The average Bonchev–Trinajstić information content (AvgIpc) is 3.36. The molecule has 0 atom stereocenters. The van der Waals surface area contributed by atoms with Crippen LogP contribution in [-0.4, -0.2) is 79.2 Å². The van der Waals surface area contributed by atoms with Crippen LogP contribution >= 0.6 is 0 Å². The fraction of sp³-hybridized carbons (Fsp3) is 0.333. The van der Waals surface area contributed by atoms with Crippen molar-refractivity contribution < 1.29 is 19.5 Å². The number of nitrogens with zero attached hydrogens (tertiary/aromatic N) is 6. The molecule has 166 valence electrons. The Morgan fingerprint density at radius 1 is 1.16 bits per heavy atom. The topological polar surface area (TPSA) is 136 Å². The van der Waals surface area contributed by atoms with Crippen LogP contribution in [0.5, 0.6) is 0 Å². The average molecular weight is 437 g/mol. The molecule has 0 radical (unpaired) electrons. The Kier molecular flexibility index (Phi) is 5.71. The zero-order chi connectivity index (χ0) is 22.7. The summed E-state index contributed by atoms with van der Waals surface area (Å²) in [5.41, 5.74) is 0.898. The molecular weight excluding hydrogens is 414 g/mol. The number of hydrogen-bond acceptors (Lipinski definition) is 7. The number of carboxylic acid groups (broad SMARTS) is 1. The summed E-state index contributed by atoms with van der Waals surface area (Å²) in [5.74, 6) is 0.688. The van der Waals surface area contributed by atoms with Gasteiger partial charge in [0.1, 0.15) is 17.7 Å². The van der Waals surface area contributed by atoms with E-state index in [-0.39, 0.29) is 18.4 Å². The fourth-order valence-corrected chi connectivity index (χ4v) is 4.44. The second kappa shape index (κ2) is 8.61. The summed E-state index contributed by atoms with van der Waals surface area (Å²) < 4.78 is 0. The molecular formula is C21H23N7O4. The molecule has 32 heavy (non-hydrogen) atoms. The number of fused-ring (bicyclic) bond motifs is 1. The Morgan fingerprint density at radius 2 is 1.84 bits per heavy atom. The van der Waals surface area contributed by atoms with Crippen molar-refractivity contribution in [1.82, 2.24) is 30.0 Å². The molecule has 2 aromatic heterocycles. The lowest BCUT2D eigenvalue weighted by Crippen LogP contribution is -2.56. The van der Waals surface area contributed by atoms with Crippen molar-refractivity contribution in [2.75, 3.05) is 25.0 Å². The zero-order valence-corrected chi connectivity index (χ0v) is 17.5. The highest BCUT2D eigenvalue weighted by molar-refractivity contribution is 6.07. The predicted molar refractivity (Wildman–Crippen MR) is 115 cm³/mol. The van der Waals surface area contributed by atoms with Crippen molar-refractivity contribution in [2.24, 2.45) is 0 Å². The highest BCUT2D eigenvalue weighted by Gasteiger charge is 2.56. The first kappa shape index (κ1) is 21.2. The molecule has 1 spiro atoms. The number of hydrogen-bond donors (Lipinski definition) is 2. The van der Waals surface area contributed by atoms with Gasteiger partial charge in [0.2, 0.25) is 0 Å². The van der Waals surface area contributed by atoms with Crippen LogP contribution in [-0.2, 0) is 16.1 Å². The van der Waals surface area contributed by atoms with Crippen LogP contribution in [0.3, 0.4) is 0 Å². The molecule has 0 bridgehead atoms. The lowest BCUT2D eigenvalue weighted by Gasteiger charge is -2.42. The fourth-order valence-electron chi connectivity index (χ4n) is 4.44. The van der Waals surface area contributed by atoms with E-state index in [1.807, 2.05) is 30.3 Å². The summed E-state index contributed by atoms with van der Waals surface area (Å²) in [6.07, 6.45) is 4.34. The van der Waals surface area contributed by atoms with E-state index in [0.29, 0.717) is 38.1 Å². The van der Waals surface area contributed by atoms with E-state index in [1.165, 1.54) is 11.2 Å². The van der Waals surface area contributed by atoms with Gasteiger partial charge in [-0.25, -0.2) is 14.8 Å². The third kappa shape index (κ3) is 3.51. The van der Waals surface area contributed by atoms with Crippen LogP contribution in [0.4, 0.5) is 10.6 Å². The maximum absolute atomic E-state index is 13.1. The third-order valence-corrected chi connectivity index (χ3v) is 6.04. The minimum Gasteiger partial charge on any atom is -0.483 e. The Balaban J connectivity index is 0.000000775. The van der Waals surface area contributed by atoms with Gasteiger partial charge in [0.05, 0.1) is 11.6 Å². The van der Waals surface area contributed by atoms with E-state index in [1.54, 1.807) is 18.1 Å². The largest absolute Gasteiger partial charge is 0.483 e. The first-order valence-electron chi connectivity index (χ1n) is 10.1. The quantitative estimate of drug-likeness (QED) is 0.465. The van der Waals surface area contributed by atoms with Gasteiger partial charge in [-0.15, -0.1) is 0 Å². The first-order chi connectivity index (χ1) is 15.5. The van der Waals surface area contributed by atoms with Crippen molar-refractivity contribution in [2.45, 2.75) is 24.9 Å². The molecule has 2 N–H and O–H groups in total. The maximum Gasteiger partial charge on any atom is 0.327 e. The van der Waals surface area contributed by atoms with E-state index in [4.69, 9.17) is 9.90 Å². The van der Waals surface area contributed by atoms with E-state index in [9.17, 15) is 9.59 Å². The van der Waals surface area contributed by atoms with E-state index < -0.39 is 5.54 Å². The number of aromatic nitrogens is 4. The molecule has 3 amide bonds. The summed E-state index contributed by atoms with van der Waals surface area (Å²) in [7, 11) is 1.57. The van der Waals surface area contributed by atoms with Crippen molar-refractivity contribution in [3.63, 3.8) is 0 Å². The van der Waals surface area contributed by atoms with Crippen molar-refractivity contribution in [3.8, 4) is 0 Å². The number of imide groups is 1. The van der Waals surface area contributed by atoms with Gasteiger partial charge in [0, 0.05) is 26.7 Å². The Labute approximate surface area is 183 Å². The molecule has 0 saturated carbocycles. The summed E-state index contributed by atoms with van der Waals surface area (Å²) in [5, 5.41) is 14.7. The second-order valence-corrected chi connectivity index (χ2v) is 7.67. The second-order valence-electron chi connectivity index (χ2n) is 7.67. The molecule has 2 fully saturated rings. The number of carbonyl (C=O) groups is 3. The zero-order valence-electron chi connectivity index (χ0n) is 17.5. The number of anilines is 1. The number of likely N-dealkylation sites (N-methyl/N-ethyl adjacent to an activating group) is 1. The highest BCUT2D eigenvalue weighted by atomic mass is 16.3. The van der Waals surface area contributed by atoms with Gasteiger partial charge >= 0.3 is 6.03 Å². The number of amides is 3. The Bertz CT molecular complexity index is 1130. The van der Waals surface area contributed by atoms with E-state index in [0.717, 1.165) is 16.8 Å². The number of aromatic amines is 1. The normalized spacial score (nSPS) is 17.6. The Morgan fingerprint density at radius 3 is 2.53 bits per heavy atom. The molecule has 0 unspecified atom stereocenters. The smallest absolute Gasteiger partial charge is 0.327 e. The molecule has 0 aliphatic carbocycles. The van der Waals surface area contributed by atoms with Crippen LogP contribution in [0.2, 0.25) is 0 Å². The number of urea groups is 1. The van der Waals surface area contributed by atoms with Gasteiger partial charge in [0.25, 0.3) is 12.4 Å². The van der Waals surface area contributed by atoms with Crippen LogP contribution in [0, 0.1) is 0 Å². The SMILES string of the molecule is CN1C(=O)N(Cc2ccccc2)C2(CCN(c3ncnc4[nH]ncc34)CC2)C1=O.O=CO. The van der Waals surface area contributed by atoms with Crippen molar-refractivity contribution in [1.29, 1.82) is 0 Å². The molecule has 1 aromatic carbocycles. The molecule has 3 aromatic rings. The highest BCUT2D eigenvalue weighted by Crippen LogP contribution is 2.39. The van der Waals surface area contributed by atoms with Crippen molar-refractivity contribution >= 4 is 35.3 Å². The van der Waals surface area contributed by atoms with Gasteiger partial charge in [-0.3, -0.25) is 19.6 Å². The minimum absolute atomic E-state index is 0.116. The first-order valence-corrected chi connectivity index (χ1v) is 10.1. The standard InChI is InChI=1S/C20H21N7O2.CH2O2/c1-25-18(28)20(27(19(25)29)12-14-5-3-2-4-6-14)7-9-26(10-8-20)17-15-11-23-24-16(15)21-13-22-17;2-1-3/h2-6,11,13H,7-10,12H2,1H3,(H,21,22,23,24);1H,(H,2,3). The molecule has 2 saturated heterocycles. The number of benzene rings is 1. The van der Waals surface area contributed by atoms with Crippen LogP contribution in [0.15, 0.2) is 42.9 Å². The van der Waals surface area contributed by atoms with Crippen LogP contribution in [0.25, 0.3) is 11.0 Å². The summed E-state index contributed by atoms with van der Waals surface area (Å²) in [6, 6.07) is 9.57. The summed E-state index contributed by atoms with van der Waals surface area (Å²) in [4.78, 5) is 48.1. The van der Waals surface area contributed by atoms with Crippen LogP contribution in [0.1, 0.15) is 18.4 Å². The lowest BCUT2D eigenvalue weighted by molar-refractivity contribution is -0.133. The minimum atomic E-state index is -0.805. The number of rotatable bonds is 3. The molecule has 11 heteroatoms. The molecule has 2 aliphatic rings. The van der Waals surface area contributed by atoms with E-state index in [2.05, 4.69) is 25.1 Å². The number of carbonyl (C=O) groups excluding carboxylic acids is 2. The Hall–Kier alpha value is -4.02. The van der Waals surface area contributed by atoms with Gasteiger partial charge < -0.3 is 14.9 Å². The third-order valence-electron chi connectivity index (χ3n) is 6.04. The monoisotopic (exact) mass is 437 g/mol. The predicted octanol–water partition coefficient (Wildman–Crippen LogP) is 1.49. The number of nitrogens with one attached hydrogen (secondary N) is 1. The van der Waals surface area contributed by atoms with Gasteiger partial charge in [0.15, 0.2) is 5.65 Å². The van der Waals surface area contributed by atoms with Crippen molar-refractivity contribution in [3.05, 3.63) is 48.4 Å². The molecule has 4 heterocycles. The summed E-state index contributed by atoms with van der Waals surface area (Å²) >= 11 is 0. The van der Waals surface area contributed by atoms with Gasteiger partial charge in [-0.05, 0) is 18.4 Å². The molecule has 2 aliphatic heterocycles. The van der Waals surface area contributed by atoms with Crippen LogP contribution < -0.4 is 4.90 Å². The number of H-pyrrole nitrogens is 1. The molecule has 11 nitrogen and oxygen atoms in total. The van der Waals surface area contributed by atoms with Gasteiger partial charge in [-0.2, -0.15) is 5.10 Å². The van der Waals surface area contributed by atoms with Gasteiger partial charge in [-0.1, -0.05) is 30.3 Å². The lowest BCUT2D eigenvalue weighted by atomic mass is 9.85. The van der Waals surface area contributed by atoms with E-state index >= 15 is 0 Å². The maximum atomic E-state index is 13.1.